The fourth-order valence-corrected chi connectivity index (χ4v) is 0.786. The maximum absolute atomic E-state index is 3.13. The molecule has 1 rings (SSSR count). The van der Waals surface area contributed by atoms with E-state index in [2.05, 4.69) is 29.6 Å². The van der Waals surface area contributed by atoms with Crippen LogP contribution in [0.15, 0.2) is 24.3 Å². The van der Waals surface area contributed by atoms with Gasteiger partial charge in [-0.25, -0.2) is 0 Å². The highest BCUT2D eigenvalue weighted by atomic mass is 14.8. The van der Waals surface area contributed by atoms with Crippen molar-refractivity contribution in [3.05, 3.63) is 24.3 Å². The molecule has 0 saturated carbocycles. The second-order valence-electron chi connectivity index (χ2n) is 1.91. The van der Waals surface area contributed by atoms with Gasteiger partial charge in [0.1, 0.15) is 0 Å². The van der Waals surface area contributed by atoms with E-state index in [-0.39, 0.29) is 0 Å². The Bertz CT molecular complexity index is 102. The molecule has 1 nitrogen and oxygen atoms in total. The summed E-state index contributed by atoms with van der Waals surface area (Å²) < 4.78 is 0. The van der Waals surface area contributed by atoms with Gasteiger partial charge in [0.2, 0.25) is 0 Å². The SMILES string of the molecule is CNC1C=CCC=C1. The van der Waals surface area contributed by atoms with Gasteiger partial charge in [-0.1, -0.05) is 24.3 Å². The summed E-state index contributed by atoms with van der Waals surface area (Å²) in [5.41, 5.74) is 0. The van der Waals surface area contributed by atoms with Crippen LogP contribution >= 0.6 is 0 Å². The monoisotopic (exact) mass is 109 g/mol. The highest BCUT2D eigenvalue weighted by Crippen LogP contribution is 1.99. The van der Waals surface area contributed by atoms with E-state index in [1.807, 2.05) is 7.05 Å². The third kappa shape index (κ3) is 1.20. The Morgan fingerprint density at radius 2 is 2.00 bits per heavy atom. The van der Waals surface area contributed by atoms with E-state index in [1.165, 1.54) is 0 Å². The van der Waals surface area contributed by atoms with Crippen LogP contribution in [0.25, 0.3) is 0 Å². The largest absolute Gasteiger partial charge is 0.310 e. The zero-order valence-corrected chi connectivity index (χ0v) is 5.09. The molecule has 0 atom stereocenters. The lowest BCUT2D eigenvalue weighted by Crippen LogP contribution is -2.20. The Labute approximate surface area is 50.1 Å². The Kier molecular flexibility index (Phi) is 1.86. The summed E-state index contributed by atoms with van der Waals surface area (Å²) in [7, 11) is 1.96. The molecular weight excluding hydrogens is 98.1 g/mol. The molecule has 0 fully saturated rings. The third-order valence-corrected chi connectivity index (χ3v) is 1.29. The van der Waals surface area contributed by atoms with Crippen LogP contribution in [0.4, 0.5) is 0 Å². The second-order valence-corrected chi connectivity index (χ2v) is 1.91. The Morgan fingerprint density at radius 1 is 1.38 bits per heavy atom. The van der Waals surface area contributed by atoms with Gasteiger partial charge in [0.15, 0.2) is 0 Å². The van der Waals surface area contributed by atoms with Crippen LogP contribution in [0.1, 0.15) is 6.42 Å². The Hall–Kier alpha value is -0.560. The van der Waals surface area contributed by atoms with E-state index < -0.39 is 0 Å². The average Bonchev–Trinajstić information content (AvgIpc) is 1.90. The van der Waals surface area contributed by atoms with Crippen LogP contribution in [-0.4, -0.2) is 13.1 Å². The molecule has 0 radical (unpaired) electrons. The van der Waals surface area contributed by atoms with Crippen molar-refractivity contribution in [2.75, 3.05) is 7.05 Å². The van der Waals surface area contributed by atoms with Gasteiger partial charge in [-0.2, -0.15) is 0 Å². The van der Waals surface area contributed by atoms with Crippen LogP contribution in [0, 0.1) is 0 Å². The van der Waals surface area contributed by atoms with Crippen molar-refractivity contribution >= 4 is 0 Å². The van der Waals surface area contributed by atoms with Crippen LogP contribution in [0.3, 0.4) is 0 Å². The smallest absolute Gasteiger partial charge is 0.0433 e. The van der Waals surface area contributed by atoms with Crippen molar-refractivity contribution in [1.82, 2.24) is 5.32 Å². The van der Waals surface area contributed by atoms with E-state index in [1.54, 1.807) is 0 Å². The number of hydrogen-bond donors (Lipinski definition) is 1. The summed E-state index contributed by atoms with van der Waals surface area (Å²) >= 11 is 0. The van der Waals surface area contributed by atoms with Gasteiger partial charge < -0.3 is 5.32 Å². The minimum atomic E-state index is 0.476. The first-order valence-electron chi connectivity index (χ1n) is 2.94. The molecule has 0 aromatic carbocycles. The van der Waals surface area contributed by atoms with E-state index in [4.69, 9.17) is 0 Å². The predicted octanol–water partition coefficient (Wildman–Crippen LogP) is 1.09. The highest BCUT2D eigenvalue weighted by molar-refractivity contribution is 5.12. The molecule has 0 bridgehead atoms. The maximum atomic E-state index is 3.13. The molecule has 0 saturated heterocycles. The highest BCUT2D eigenvalue weighted by Gasteiger charge is 1.95. The molecule has 1 aliphatic rings. The molecule has 0 unspecified atom stereocenters. The van der Waals surface area contributed by atoms with Gasteiger partial charge in [0.05, 0.1) is 0 Å². The number of hydrogen-bond acceptors (Lipinski definition) is 1. The van der Waals surface area contributed by atoms with Crippen molar-refractivity contribution < 1.29 is 0 Å². The summed E-state index contributed by atoms with van der Waals surface area (Å²) in [6.45, 7) is 0. The van der Waals surface area contributed by atoms with E-state index in [0.29, 0.717) is 6.04 Å². The fourth-order valence-electron chi connectivity index (χ4n) is 0.786. The molecule has 0 aliphatic heterocycles. The molecular formula is C7H11N. The molecule has 0 aromatic rings. The molecule has 0 aromatic heterocycles. The zero-order chi connectivity index (χ0) is 5.82. The number of likely N-dealkylation sites (N-methyl/N-ethyl adjacent to an activating group) is 1. The maximum Gasteiger partial charge on any atom is 0.0433 e. The first kappa shape index (κ1) is 5.57. The normalized spacial score (nSPS) is 19.6. The number of rotatable bonds is 1. The molecule has 1 N–H and O–H groups in total. The fraction of sp³-hybridized carbons (Fsp3) is 0.429. The van der Waals surface area contributed by atoms with Crippen molar-refractivity contribution in [1.29, 1.82) is 0 Å². The minimum absolute atomic E-state index is 0.476. The zero-order valence-electron chi connectivity index (χ0n) is 5.09. The first-order valence-corrected chi connectivity index (χ1v) is 2.94. The van der Waals surface area contributed by atoms with Crippen molar-refractivity contribution in [2.24, 2.45) is 0 Å². The molecule has 0 spiro atoms. The van der Waals surface area contributed by atoms with Crippen LogP contribution in [-0.2, 0) is 0 Å². The van der Waals surface area contributed by atoms with Crippen molar-refractivity contribution in [2.45, 2.75) is 12.5 Å². The molecule has 1 aliphatic carbocycles. The lowest BCUT2D eigenvalue weighted by molar-refractivity contribution is 0.779. The van der Waals surface area contributed by atoms with Gasteiger partial charge in [-0.15, -0.1) is 0 Å². The van der Waals surface area contributed by atoms with Gasteiger partial charge >= 0.3 is 0 Å². The topological polar surface area (TPSA) is 12.0 Å². The van der Waals surface area contributed by atoms with Gasteiger partial charge in [-0.3, -0.25) is 0 Å². The molecule has 0 heterocycles. The summed E-state index contributed by atoms with van der Waals surface area (Å²) in [5.74, 6) is 0. The van der Waals surface area contributed by atoms with E-state index in [0.717, 1.165) is 6.42 Å². The van der Waals surface area contributed by atoms with E-state index >= 15 is 0 Å². The molecule has 0 amide bonds. The lowest BCUT2D eigenvalue weighted by Gasteiger charge is -2.07. The van der Waals surface area contributed by atoms with E-state index in [9.17, 15) is 0 Å². The van der Waals surface area contributed by atoms with Crippen LogP contribution < -0.4 is 5.32 Å². The third-order valence-electron chi connectivity index (χ3n) is 1.29. The molecule has 44 valence electrons. The first-order chi connectivity index (χ1) is 3.93. The second kappa shape index (κ2) is 2.68. The van der Waals surface area contributed by atoms with Gasteiger partial charge in [0.25, 0.3) is 0 Å². The van der Waals surface area contributed by atoms with Gasteiger partial charge in [-0.05, 0) is 13.5 Å². The standard InChI is InChI=1S/C7H11N/c1-8-7-5-3-2-4-6-7/h3-8H,2H2,1H3. The summed E-state index contributed by atoms with van der Waals surface area (Å²) in [6.07, 6.45) is 9.76. The van der Waals surface area contributed by atoms with Crippen molar-refractivity contribution in [3.8, 4) is 0 Å². The molecule has 8 heavy (non-hydrogen) atoms. The van der Waals surface area contributed by atoms with Crippen LogP contribution in [0.2, 0.25) is 0 Å². The van der Waals surface area contributed by atoms with Crippen molar-refractivity contribution in [3.63, 3.8) is 0 Å². The van der Waals surface area contributed by atoms with Crippen LogP contribution in [0.5, 0.6) is 0 Å². The lowest BCUT2D eigenvalue weighted by atomic mass is 10.1. The molecule has 1 heteroatoms. The summed E-state index contributed by atoms with van der Waals surface area (Å²) in [5, 5.41) is 3.13. The predicted molar refractivity (Wildman–Crippen MR) is 35.7 cm³/mol. The Morgan fingerprint density at radius 3 is 2.38 bits per heavy atom. The minimum Gasteiger partial charge on any atom is -0.310 e. The summed E-state index contributed by atoms with van der Waals surface area (Å²) in [6, 6.07) is 0.476. The average molecular weight is 109 g/mol. The number of nitrogens with one attached hydrogen (secondary N) is 1. The Balaban J connectivity index is 2.42. The summed E-state index contributed by atoms with van der Waals surface area (Å²) in [4.78, 5) is 0. The quantitative estimate of drug-likeness (QED) is 0.497. The van der Waals surface area contributed by atoms with Gasteiger partial charge in [0, 0.05) is 6.04 Å². The number of allylic oxidation sites excluding steroid dienone is 2.